The lowest BCUT2D eigenvalue weighted by molar-refractivity contribution is 0.756. The Morgan fingerprint density at radius 1 is 1.26 bits per heavy atom. The van der Waals surface area contributed by atoms with E-state index < -0.39 is 0 Å². The Hall–Kier alpha value is -1.41. The Bertz CT molecular complexity index is 566. The molecular formula is C11H16N6S2. The lowest BCUT2D eigenvalue weighted by Crippen LogP contribution is -2.07. The Morgan fingerprint density at radius 3 is 2.58 bits per heavy atom. The van der Waals surface area contributed by atoms with Gasteiger partial charge in [-0.2, -0.15) is 0 Å². The van der Waals surface area contributed by atoms with E-state index >= 15 is 0 Å². The molecule has 0 fully saturated rings. The number of rotatable bonds is 4. The van der Waals surface area contributed by atoms with Gasteiger partial charge in [-0.05, 0) is 11.8 Å². The molecule has 0 amide bonds. The van der Waals surface area contributed by atoms with E-state index in [4.69, 9.17) is 5.73 Å². The third-order valence-electron chi connectivity index (χ3n) is 2.23. The maximum absolute atomic E-state index is 5.80. The van der Waals surface area contributed by atoms with Crippen LogP contribution < -0.4 is 10.6 Å². The average molecular weight is 296 g/mol. The number of nitrogens with zero attached hydrogens (tertiary/aromatic N) is 5. The van der Waals surface area contributed by atoms with Gasteiger partial charge in [0, 0.05) is 26.1 Å². The van der Waals surface area contributed by atoms with Crippen molar-refractivity contribution < 1.29 is 0 Å². The first kappa shape index (κ1) is 14.0. The van der Waals surface area contributed by atoms with Crippen LogP contribution in [0.4, 0.5) is 10.9 Å². The highest BCUT2D eigenvalue weighted by Crippen LogP contribution is 2.32. The van der Waals surface area contributed by atoms with Crippen molar-refractivity contribution in [1.29, 1.82) is 0 Å². The first-order valence-electron chi connectivity index (χ1n) is 5.79. The van der Waals surface area contributed by atoms with Crippen LogP contribution in [0.5, 0.6) is 0 Å². The maximum atomic E-state index is 5.80. The summed E-state index contributed by atoms with van der Waals surface area (Å²) >= 11 is 2.98. The highest BCUT2D eigenvalue weighted by Gasteiger charge is 2.11. The topological polar surface area (TPSA) is 80.8 Å². The summed E-state index contributed by atoms with van der Waals surface area (Å²) < 4.78 is 0.844. The molecule has 2 heterocycles. The molecule has 102 valence electrons. The highest BCUT2D eigenvalue weighted by atomic mass is 32.2. The van der Waals surface area contributed by atoms with Gasteiger partial charge >= 0.3 is 0 Å². The van der Waals surface area contributed by atoms with Crippen LogP contribution in [0.2, 0.25) is 0 Å². The van der Waals surface area contributed by atoms with Crippen LogP contribution in [0.3, 0.4) is 0 Å². The van der Waals surface area contributed by atoms with Crippen LogP contribution in [0.15, 0.2) is 15.4 Å². The number of nitrogens with two attached hydrogens (primary N) is 1. The summed E-state index contributed by atoms with van der Waals surface area (Å²) in [7, 11) is 3.88. The Morgan fingerprint density at radius 2 is 2.00 bits per heavy atom. The van der Waals surface area contributed by atoms with E-state index in [9.17, 15) is 0 Å². The fraction of sp³-hybridized carbons (Fsp3) is 0.455. The number of hydrogen-bond donors (Lipinski definition) is 1. The predicted octanol–water partition coefficient (Wildman–Crippen LogP) is 2.25. The molecule has 0 aromatic carbocycles. The standard InChI is InChI=1S/C11H16N6S2/c1-6(2)9-13-7(12)5-8(14-9)18-11-16-15-10(19-11)17(3)4/h5-6H,1-4H3,(H2,12,13,14). The molecule has 19 heavy (non-hydrogen) atoms. The highest BCUT2D eigenvalue weighted by molar-refractivity contribution is 8.01. The van der Waals surface area contributed by atoms with Crippen LogP contribution >= 0.6 is 23.1 Å². The zero-order valence-electron chi connectivity index (χ0n) is 11.3. The van der Waals surface area contributed by atoms with E-state index in [0.29, 0.717) is 5.82 Å². The molecule has 2 aromatic rings. The van der Waals surface area contributed by atoms with Crippen molar-refractivity contribution in [2.75, 3.05) is 24.7 Å². The fourth-order valence-electron chi connectivity index (χ4n) is 1.29. The summed E-state index contributed by atoms with van der Waals surface area (Å²) in [4.78, 5) is 10.6. The lowest BCUT2D eigenvalue weighted by Gasteiger charge is -2.06. The lowest BCUT2D eigenvalue weighted by atomic mass is 10.2. The molecule has 0 spiro atoms. The smallest absolute Gasteiger partial charge is 0.208 e. The summed E-state index contributed by atoms with van der Waals surface area (Å²) in [5.41, 5.74) is 5.80. The second kappa shape index (κ2) is 5.70. The van der Waals surface area contributed by atoms with Gasteiger partial charge in [0.2, 0.25) is 5.13 Å². The van der Waals surface area contributed by atoms with Gasteiger partial charge in [0.05, 0.1) is 0 Å². The first-order chi connectivity index (χ1) is 8.95. The molecular weight excluding hydrogens is 280 g/mol. The average Bonchev–Trinajstić information content (AvgIpc) is 2.76. The molecule has 0 aliphatic carbocycles. The molecule has 6 nitrogen and oxygen atoms in total. The van der Waals surface area contributed by atoms with E-state index in [1.165, 1.54) is 23.1 Å². The van der Waals surface area contributed by atoms with Gasteiger partial charge in [-0.25, -0.2) is 9.97 Å². The monoisotopic (exact) mass is 296 g/mol. The van der Waals surface area contributed by atoms with Crippen molar-refractivity contribution in [3.05, 3.63) is 11.9 Å². The quantitative estimate of drug-likeness (QED) is 0.867. The number of nitrogen functional groups attached to an aromatic ring is 1. The van der Waals surface area contributed by atoms with Crippen molar-refractivity contribution in [1.82, 2.24) is 20.2 Å². The fourth-order valence-corrected chi connectivity index (χ4v) is 3.01. The molecule has 2 aromatic heterocycles. The zero-order chi connectivity index (χ0) is 14.0. The Balaban J connectivity index is 2.22. The first-order valence-corrected chi connectivity index (χ1v) is 7.42. The van der Waals surface area contributed by atoms with E-state index in [0.717, 1.165) is 20.3 Å². The van der Waals surface area contributed by atoms with Crippen LogP contribution in [0.1, 0.15) is 25.6 Å². The zero-order valence-corrected chi connectivity index (χ0v) is 12.9. The van der Waals surface area contributed by atoms with Crippen LogP contribution in [0, 0.1) is 0 Å². The maximum Gasteiger partial charge on any atom is 0.208 e. The van der Waals surface area contributed by atoms with Gasteiger partial charge in [0.15, 0.2) is 4.34 Å². The minimum absolute atomic E-state index is 0.245. The normalized spacial score (nSPS) is 11.0. The molecule has 0 saturated heterocycles. The van der Waals surface area contributed by atoms with Crippen molar-refractivity contribution in [3.8, 4) is 0 Å². The van der Waals surface area contributed by atoms with Gasteiger partial charge in [-0.3, -0.25) is 0 Å². The SMILES string of the molecule is CC(C)c1nc(N)cc(Sc2nnc(N(C)C)s2)n1. The number of anilines is 2. The predicted molar refractivity (Wildman–Crippen MR) is 78.9 cm³/mol. The van der Waals surface area contributed by atoms with Crippen molar-refractivity contribution in [2.45, 2.75) is 29.1 Å². The second-order valence-corrected chi connectivity index (χ2v) is 6.71. The summed E-state index contributed by atoms with van der Waals surface area (Å²) in [5, 5.41) is 9.89. The summed E-state index contributed by atoms with van der Waals surface area (Å²) in [6, 6.07) is 1.76. The molecule has 0 bridgehead atoms. The van der Waals surface area contributed by atoms with Gasteiger partial charge in [-0.1, -0.05) is 25.2 Å². The second-order valence-electron chi connectivity index (χ2n) is 4.49. The third kappa shape index (κ3) is 3.54. The van der Waals surface area contributed by atoms with E-state index in [1.54, 1.807) is 6.07 Å². The number of hydrogen-bond acceptors (Lipinski definition) is 8. The van der Waals surface area contributed by atoms with Gasteiger partial charge in [0.25, 0.3) is 0 Å². The minimum Gasteiger partial charge on any atom is -0.384 e. The van der Waals surface area contributed by atoms with E-state index in [2.05, 4.69) is 20.2 Å². The van der Waals surface area contributed by atoms with Crippen LogP contribution in [0.25, 0.3) is 0 Å². The van der Waals surface area contributed by atoms with Gasteiger partial charge in [-0.15, -0.1) is 10.2 Å². The molecule has 0 aliphatic rings. The van der Waals surface area contributed by atoms with E-state index in [-0.39, 0.29) is 5.92 Å². The third-order valence-corrected chi connectivity index (χ3v) is 4.29. The number of aromatic nitrogens is 4. The molecule has 0 atom stereocenters. The molecule has 0 saturated carbocycles. The van der Waals surface area contributed by atoms with Crippen molar-refractivity contribution in [3.63, 3.8) is 0 Å². The Kier molecular flexibility index (Phi) is 4.20. The summed E-state index contributed by atoms with van der Waals surface area (Å²) in [6.45, 7) is 4.08. The molecule has 0 unspecified atom stereocenters. The van der Waals surface area contributed by atoms with Crippen LogP contribution in [-0.2, 0) is 0 Å². The van der Waals surface area contributed by atoms with Gasteiger partial charge in [0.1, 0.15) is 16.7 Å². The van der Waals surface area contributed by atoms with Crippen molar-refractivity contribution >= 4 is 34.0 Å². The molecule has 0 radical (unpaired) electrons. The van der Waals surface area contributed by atoms with E-state index in [1.807, 2.05) is 32.8 Å². The largest absolute Gasteiger partial charge is 0.384 e. The minimum atomic E-state index is 0.245. The van der Waals surface area contributed by atoms with Gasteiger partial charge < -0.3 is 10.6 Å². The summed E-state index contributed by atoms with van der Waals surface area (Å²) in [6.07, 6.45) is 0. The van der Waals surface area contributed by atoms with Crippen LogP contribution in [-0.4, -0.2) is 34.3 Å². The molecule has 2 rings (SSSR count). The molecule has 8 heteroatoms. The summed E-state index contributed by atoms with van der Waals surface area (Å²) in [5.74, 6) is 1.48. The molecule has 2 N–H and O–H groups in total. The Labute approximate surface area is 120 Å². The molecule has 0 aliphatic heterocycles. The van der Waals surface area contributed by atoms with Crippen molar-refractivity contribution in [2.24, 2.45) is 0 Å².